The van der Waals surface area contributed by atoms with E-state index in [2.05, 4.69) is 6.07 Å². The minimum Gasteiger partial charge on any atom is -0.497 e. The summed E-state index contributed by atoms with van der Waals surface area (Å²) in [4.78, 5) is 0. The average molecular weight is 245 g/mol. The zero-order valence-electron chi connectivity index (χ0n) is 10.7. The molecule has 0 heterocycles. The van der Waals surface area contributed by atoms with Gasteiger partial charge in [0.25, 0.3) is 0 Å². The molecule has 0 amide bonds. The van der Waals surface area contributed by atoms with E-state index in [1.165, 1.54) is 6.42 Å². The van der Waals surface area contributed by atoms with Crippen molar-refractivity contribution >= 4 is 0 Å². The minimum atomic E-state index is -0.700. The molecule has 18 heavy (non-hydrogen) atoms. The van der Waals surface area contributed by atoms with Crippen molar-refractivity contribution in [2.75, 3.05) is 7.11 Å². The Morgan fingerprint density at radius 2 is 1.83 bits per heavy atom. The van der Waals surface area contributed by atoms with Crippen LogP contribution in [0, 0.1) is 16.7 Å². The largest absolute Gasteiger partial charge is 0.497 e. The van der Waals surface area contributed by atoms with Crippen LogP contribution in [-0.4, -0.2) is 12.2 Å². The van der Waals surface area contributed by atoms with Crippen molar-refractivity contribution in [3.63, 3.8) is 0 Å². The maximum Gasteiger partial charge on any atom is 0.118 e. The van der Waals surface area contributed by atoms with Gasteiger partial charge in [-0.3, -0.25) is 0 Å². The second kappa shape index (κ2) is 5.41. The molecular weight excluding hydrogens is 226 g/mol. The summed E-state index contributed by atoms with van der Waals surface area (Å²) in [6, 6.07) is 9.70. The summed E-state index contributed by atoms with van der Waals surface area (Å²) in [5.74, 6) is 0.764. The van der Waals surface area contributed by atoms with E-state index in [1.807, 2.05) is 24.3 Å². The average Bonchev–Trinajstić information content (AvgIpc) is 2.47. The lowest BCUT2D eigenvalue weighted by Crippen LogP contribution is -2.29. The minimum absolute atomic E-state index is 0.604. The van der Waals surface area contributed by atoms with Gasteiger partial charge in [-0.05, 0) is 30.5 Å². The van der Waals surface area contributed by atoms with Gasteiger partial charge in [-0.25, -0.2) is 0 Å². The van der Waals surface area contributed by atoms with Crippen LogP contribution in [0.15, 0.2) is 24.3 Å². The van der Waals surface area contributed by atoms with Crippen LogP contribution < -0.4 is 4.74 Å². The molecule has 1 atom stereocenters. The fourth-order valence-corrected chi connectivity index (χ4v) is 2.73. The molecule has 1 aromatic carbocycles. The number of nitrogens with zero attached hydrogens (tertiary/aromatic N) is 1. The highest BCUT2D eigenvalue weighted by Crippen LogP contribution is 2.45. The van der Waals surface area contributed by atoms with Gasteiger partial charge in [-0.1, -0.05) is 31.4 Å². The molecule has 0 spiro atoms. The molecule has 1 aliphatic rings. The van der Waals surface area contributed by atoms with Gasteiger partial charge in [0, 0.05) is 0 Å². The van der Waals surface area contributed by atoms with Crippen LogP contribution in [0.1, 0.15) is 43.8 Å². The summed E-state index contributed by atoms with van der Waals surface area (Å²) in [7, 11) is 1.61. The third-order valence-electron chi connectivity index (χ3n) is 3.92. The molecule has 3 nitrogen and oxygen atoms in total. The summed E-state index contributed by atoms with van der Waals surface area (Å²) in [6.07, 6.45) is 4.10. The molecule has 0 radical (unpaired) electrons. The highest BCUT2D eigenvalue weighted by molar-refractivity contribution is 5.30. The number of aliphatic hydroxyl groups is 1. The van der Waals surface area contributed by atoms with Crippen molar-refractivity contribution in [3.8, 4) is 11.8 Å². The predicted octanol–water partition coefficient (Wildman–Crippen LogP) is 3.20. The van der Waals surface area contributed by atoms with Gasteiger partial charge < -0.3 is 9.84 Å². The van der Waals surface area contributed by atoms with E-state index in [0.29, 0.717) is 0 Å². The number of ether oxygens (including phenoxy) is 1. The zero-order chi connectivity index (χ0) is 13.0. The van der Waals surface area contributed by atoms with E-state index < -0.39 is 11.5 Å². The Labute approximate surface area is 108 Å². The van der Waals surface area contributed by atoms with Gasteiger partial charge in [-0.2, -0.15) is 5.26 Å². The maximum atomic E-state index is 10.5. The number of benzene rings is 1. The Balaban J connectivity index is 2.22. The Hall–Kier alpha value is -1.53. The van der Waals surface area contributed by atoms with Gasteiger partial charge in [0.05, 0.1) is 24.7 Å². The van der Waals surface area contributed by atoms with Crippen LogP contribution in [0.3, 0.4) is 0 Å². The molecular formula is C15H19NO2. The van der Waals surface area contributed by atoms with E-state index in [1.54, 1.807) is 7.11 Å². The molecule has 1 saturated carbocycles. The van der Waals surface area contributed by atoms with Gasteiger partial charge in [0.2, 0.25) is 0 Å². The summed E-state index contributed by atoms with van der Waals surface area (Å²) in [5, 5.41) is 19.9. The van der Waals surface area contributed by atoms with Crippen molar-refractivity contribution in [2.45, 2.75) is 38.2 Å². The first kappa shape index (κ1) is 12.9. The second-order valence-corrected chi connectivity index (χ2v) is 5.00. The van der Waals surface area contributed by atoms with E-state index in [9.17, 15) is 10.4 Å². The predicted molar refractivity (Wildman–Crippen MR) is 69.1 cm³/mol. The van der Waals surface area contributed by atoms with E-state index >= 15 is 0 Å². The van der Waals surface area contributed by atoms with Crippen molar-refractivity contribution in [3.05, 3.63) is 29.8 Å². The SMILES string of the molecule is COc1ccc(C(O)C2(C#N)CCCCC2)cc1. The van der Waals surface area contributed by atoms with E-state index in [-0.39, 0.29) is 0 Å². The molecule has 0 saturated heterocycles. The molecule has 1 aliphatic carbocycles. The second-order valence-electron chi connectivity index (χ2n) is 5.00. The Bertz CT molecular complexity index is 427. The first-order valence-corrected chi connectivity index (χ1v) is 6.45. The monoisotopic (exact) mass is 245 g/mol. The number of methoxy groups -OCH3 is 1. The molecule has 0 aromatic heterocycles. The number of hydrogen-bond acceptors (Lipinski definition) is 3. The zero-order valence-corrected chi connectivity index (χ0v) is 10.7. The highest BCUT2D eigenvalue weighted by atomic mass is 16.5. The quantitative estimate of drug-likeness (QED) is 0.889. The fourth-order valence-electron chi connectivity index (χ4n) is 2.73. The summed E-state index contributed by atoms with van der Waals surface area (Å²) in [6.45, 7) is 0. The first-order chi connectivity index (χ1) is 8.72. The highest BCUT2D eigenvalue weighted by Gasteiger charge is 2.40. The van der Waals surface area contributed by atoms with Crippen molar-refractivity contribution in [1.29, 1.82) is 5.26 Å². The number of rotatable bonds is 3. The molecule has 1 fully saturated rings. The lowest BCUT2D eigenvalue weighted by Gasteiger charge is -2.35. The van der Waals surface area contributed by atoms with Gasteiger partial charge in [0.15, 0.2) is 0 Å². The maximum absolute atomic E-state index is 10.5. The van der Waals surface area contributed by atoms with Crippen molar-refractivity contribution in [2.24, 2.45) is 5.41 Å². The molecule has 1 aromatic rings. The van der Waals surface area contributed by atoms with Crippen molar-refractivity contribution < 1.29 is 9.84 Å². The lowest BCUT2D eigenvalue weighted by atomic mass is 9.69. The van der Waals surface area contributed by atoms with E-state index in [4.69, 9.17) is 4.74 Å². The standard InChI is InChI=1S/C15H19NO2/c1-18-13-7-5-12(6-8-13)14(17)15(11-16)9-3-2-4-10-15/h5-8,14,17H,2-4,9-10H2,1H3. The van der Waals surface area contributed by atoms with Crippen LogP contribution in [0.5, 0.6) is 5.75 Å². The lowest BCUT2D eigenvalue weighted by molar-refractivity contribution is 0.0359. The molecule has 96 valence electrons. The van der Waals surface area contributed by atoms with Crippen LogP contribution in [0.25, 0.3) is 0 Å². The Kier molecular flexibility index (Phi) is 3.88. The van der Waals surface area contributed by atoms with Crippen LogP contribution >= 0.6 is 0 Å². The summed E-state index contributed by atoms with van der Waals surface area (Å²) >= 11 is 0. The van der Waals surface area contributed by atoms with Gasteiger partial charge in [-0.15, -0.1) is 0 Å². The van der Waals surface area contributed by atoms with Crippen LogP contribution in [0.2, 0.25) is 0 Å². The smallest absolute Gasteiger partial charge is 0.118 e. The number of hydrogen-bond donors (Lipinski definition) is 1. The molecule has 0 aliphatic heterocycles. The molecule has 1 N–H and O–H groups in total. The summed E-state index contributed by atoms with van der Waals surface area (Å²) < 4.78 is 5.10. The molecule has 2 rings (SSSR count). The van der Waals surface area contributed by atoms with Crippen molar-refractivity contribution in [1.82, 2.24) is 0 Å². The Morgan fingerprint density at radius 3 is 2.33 bits per heavy atom. The number of nitriles is 1. The fraction of sp³-hybridized carbons (Fsp3) is 0.533. The van der Waals surface area contributed by atoms with E-state index in [0.717, 1.165) is 37.0 Å². The normalized spacial score (nSPS) is 19.8. The topological polar surface area (TPSA) is 53.2 Å². The first-order valence-electron chi connectivity index (χ1n) is 6.45. The van der Waals surface area contributed by atoms with Crippen LogP contribution in [0.4, 0.5) is 0 Å². The van der Waals surface area contributed by atoms with Gasteiger partial charge >= 0.3 is 0 Å². The number of aliphatic hydroxyl groups excluding tert-OH is 1. The molecule has 3 heteroatoms. The molecule has 1 unspecified atom stereocenters. The third-order valence-corrected chi connectivity index (χ3v) is 3.92. The van der Waals surface area contributed by atoms with Gasteiger partial charge in [0.1, 0.15) is 5.75 Å². The Morgan fingerprint density at radius 1 is 1.22 bits per heavy atom. The summed E-state index contributed by atoms with van der Waals surface area (Å²) in [5.41, 5.74) is 0.201. The third kappa shape index (κ3) is 2.34. The molecule has 0 bridgehead atoms. The van der Waals surface area contributed by atoms with Crippen LogP contribution in [-0.2, 0) is 0 Å².